The van der Waals surface area contributed by atoms with Crippen LogP contribution in [-0.2, 0) is 10.2 Å². The van der Waals surface area contributed by atoms with Gasteiger partial charge in [0.1, 0.15) is 0 Å². The molecule has 1 atom stereocenters. The van der Waals surface area contributed by atoms with Crippen molar-refractivity contribution < 1.29 is 9.32 Å². The smallest absolute Gasteiger partial charge is 0.240 e. The zero-order valence-corrected chi connectivity index (χ0v) is 15.4. The first-order valence-electron chi connectivity index (χ1n) is 8.26. The summed E-state index contributed by atoms with van der Waals surface area (Å²) in [5, 5.41) is 9.55. The molecule has 1 saturated heterocycles. The van der Waals surface area contributed by atoms with Crippen LogP contribution in [0.15, 0.2) is 16.0 Å². The molecule has 1 fully saturated rings. The molecule has 0 unspecified atom stereocenters. The fraction of sp³-hybridized carbons (Fsp3) is 0.588. The van der Waals surface area contributed by atoms with Crippen molar-refractivity contribution in [1.82, 2.24) is 15.0 Å². The molecule has 24 heavy (non-hydrogen) atoms. The predicted molar refractivity (Wildman–Crippen MR) is 94.2 cm³/mol. The van der Waals surface area contributed by atoms with Gasteiger partial charge >= 0.3 is 0 Å². The number of aryl methyl sites for hydroxylation is 1. The summed E-state index contributed by atoms with van der Waals surface area (Å²) in [4.78, 5) is 19.0. The molecular weight excluding hydrogens is 324 g/mol. The van der Waals surface area contributed by atoms with Gasteiger partial charge in [0, 0.05) is 16.9 Å². The fourth-order valence-corrected chi connectivity index (χ4v) is 3.85. The van der Waals surface area contributed by atoms with Gasteiger partial charge in [0.05, 0.1) is 24.0 Å². The lowest BCUT2D eigenvalue weighted by molar-refractivity contribution is -0.117. The maximum Gasteiger partial charge on any atom is 0.240 e. The van der Waals surface area contributed by atoms with Gasteiger partial charge in [-0.2, -0.15) is 0 Å². The molecule has 0 spiro atoms. The molecule has 1 aliphatic heterocycles. The van der Waals surface area contributed by atoms with Crippen LogP contribution in [0.25, 0.3) is 0 Å². The van der Waals surface area contributed by atoms with Crippen molar-refractivity contribution in [1.29, 1.82) is 0 Å². The summed E-state index contributed by atoms with van der Waals surface area (Å²) in [5.74, 6) is 0.815. The average Bonchev–Trinajstić information content (AvgIpc) is 3.18. The van der Waals surface area contributed by atoms with E-state index in [1.807, 2.05) is 18.4 Å². The highest BCUT2D eigenvalue weighted by atomic mass is 32.1. The number of anilines is 1. The Morgan fingerprint density at radius 3 is 2.92 bits per heavy atom. The molecule has 130 valence electrons. The number of aromatic nitrogens is 2. The molecular formula is C17H24N4O2S. The molecule has 3 heterocycles. The van der Waals surface area contributed by atoms with Crippen molar-refractivity contribution in [2.75, 3.05) is 18.4 Å². The maximum absolute atomic E-state index is 12.4. The van der Waals surface area contributed by atoms with E-state index in [4.69, 9.17) is 4.52 Å². The van der Waals surface area contributed by atoms with Gasteiger partial charge in [0.2, 0.25) is 5.91 Å². The molecule has 2 aromatic rings. The van der Waals surface area contributed by atoms with Crippen molar-refractivity contribution >= 4 is 22.4 Å². The first kappa shape index (κ1) is 17.1. The molecule has 0 radical (unpaired) electrons. The third-order valence-corrected chi connectivity index (χ3v) is 4.96. The minimum absolute atomic E-state index is 0.0102. The number of thiazole rings is 1. The second-order valence-corrected chi connectivity index (χ2v) is 8.19. The molecule has 2 aromatic heterocycles. The van der Waals surface area contributed by atoms with Crippen LogP contribution in [-0.4, -0.2) is 34.0 Å². The summed E-state index contributed by atoms with van der Waals surface area (Å²) in [5.41, 5.74) is 1.86. The van der Waals surface area contributed by atoms with Crippen molar-refractivity contribution in [3.63, 3.8) is 0 Å². The van der Waals surface area contributed by atoms with E-state index < -0.39 is 0 Å². The number of nitrogens with one attached hydrogen (secondary N) is 1. The van der Waals surface area contributed by atoms with Gasteiger partial charge < -0.3 is 9.84 Å². The van der Waals surface area contributed by atoms with Crippen molar-refractivity contribution in [3.05, 3.63) is 28.6 Å². The van der Waals surface area contributed by atoms with Crippen LogP contribution in [0, 0.1) is 6.92 Å². The van der Waals surface area contributed by atoms with Gasteiger partial charge in [0.15, 0.2) is 10.9 Å². The lowest BCUT2D eigenvalue weighted by atomic mass is 9.93. The summed E-state index contributed by atoms with van der Waals surface area (Å²) in [6.07, 6.45) is 2.05. The van der Waals surface area contributed by atoms with E-state index in [1.165, 1.54) is 11.3 Å². The van der Waals surface area contributed by atoms with E-state index in [-0.39, 0.29) is 17.4 Å². The highest BCUT2D eigenvalue weighted by Crippen LogP contribution is 2.32. The van der Waals surface area contributed by atoms with Gasteiger partial charge in [-0.3, -0.25) is 9.69 Å². The van der Waals surface area contributed by atoms with E-state index in [9.17, 15) is 4.79 Å². The minimum Gasteiger partial charge on any atom is -0.359 e. The molecule has 6 nitrogen and oxygen atoms in total. The quantitative estimate of drug-likeness (QED) is 0.915. The first-order valence-corrected chi connectivity index (χ1v) is 9.14. The second-order valence-electron chi connectivity index (χ2n) is 7.34. The Labute approximate surface area is 146 Å². The fourth-order valence-electron chi connectivity index (χ4n) is 2.90. The van der Waals surface area contributed by atoms with E-state index in [0.717, 1.165) is 36.5 Å². The number of amides is 1. The monoisotopic (exact) mass is 348 g/mol. The van der Waals surface area contributed by atoms with Crippen LogP contribution >= 0.6 is 11.3 Å². The number of carbonyl (C=O) groups excluding carboxylic acids is 1. The summed E-state index contributed by atoms with van der Waals surface area (Å²) in [7, 11) is 0. The average molecular weight is 348 g/mol. The van der Waals surface area contributed by atoms with Gasteiger partial charge in [-0.25, -0.2) is 4.98 Å². The number of hydrogen-bond donors (Lipinski definition) is 1. The van der Waals surface area contributed by atoms with E-state index in [1.54, 1.807) is 0 Å². The predicted octanol–water partition coefficient (Wildman–Crippen LogP) is 3.51. The van der Waals surface area contributed by atoms with Gasteiger partial charge in [-0.1, -0.05) is 25.9 Å². The minimum atomic E-state index is -0.0343. The van der Waals surface area contributed by atoms with Crippen molar-refractivity contribution in [2.45, 2.75) is 52.0 Å². The van der Waals surface area contributed by atoms with Crippen LogP contribution in [0.5, 0.6) is 0 Å². The Balaban J connectivity index is 1.61. The van der Waals surface area contributed by atoms with Crippen LogP contribution in [0.3, 0.4) is 0 Å². The highest BCUT2D eigenvalue weighted by Gasteiger charge is 2.30. The van der Waals surface area contributed by atoms with E-state index in [2.05, 4.69) is 41.1 Å². The largest absolute Gasteiger partial charge is 0.359 e. The third-order valence-electron chi connectivity index (χ3n) is 4.20. The van der Waals surface area contributed by atoms with Crippen LogP contribution in [0.1, 0.15) is 56.8 Å². The Bertz CT molecular complexity index is 716. The van der Waals surface area contributed by atoms with Gasteiger partial charge in [-0.05, 0) is 26.3 Å². The first-order chi connectivity index (χ1) is 11.3. The topological polar surface area (TPSA) is 71.3 Å². The summed E-state index contributed by atoms with van der Waals surface area (Å²) >= 11 is 1.47. The van der Waals surface area contributed by atoms with Crippen LogP contribution in [0.2, 0.25) is 0 Å². The summed E-state index contributed by atoms with van der Waals surface area (Å²) < 4.78 is 5.39. The molecule has 1 aliphatic rings. The van der Waals surface area contributed by atoms with Crippen molar-refractivity contribution in [2.24, 2.45) is 0 Å². The highest BCUT2D eigenvalue weighted by molar-refractivity contribution is 7.13. The molecule has 0 aromatic carbocycles. The molecule has 0 saturated carbocycles. The SMILES string of the molecule is Cc1cc([C@@H]2CCCN2CC(=O)Nc2nc(C(C)(C)C)cs2)on1. The van der Waals surface area contributed by atoms with Crippen molar-refractivity contribution in [3.8, 4) is 0 Å². The normalized spacial score (nSPS) is 18.9. The maximum atomic E-state index is 12.4. The molecule has 1 N–H and O–H groups in total. The molecule has 3 rings (SSSR count). The lowest BCUT2D eigenvalue weighted by Crippen LogP contribution is -2.32. The third kappa shape index (κ3) is 3.84. The Morgan fingerprint density at radius 1 is 1.50 bits per heavy atom. The van der Waals surface area contributed by atoms with E-state index >= 15 is 0 Å². The van der Waals surface area contributed by atoms with Gasteiger partial charge in [-0.15, -0.1) is 11.3 Å². The summed E-state index contributed by atoms with van der Waals surface area (Å²) in [6.45, 7) is 9.48. The number of carbonyl (C=O) groups is 1. The Kier molecular flexibility index (Phi) is 4.73. The number of hydrogen-bond acceptors (Lipinski definition) is 6. The summed E-state index contributed by atoms with van der Waals surface area (Å²) in [6, 6.07) is 2.09. The number of nitrogens with zero attached hydrogens (tertiary/aromatic N) is 3. The number of rotatable bonds is 4. The Morgan fingerprint density at radius 2 is 2.29 bits per heavy atom. The molecule has 0 aliphatic carbocycles. The Hall–Kier alpha value is -1.73. The second kappa shape index (κ2) is 6.64. The lowest BCUT2D eigenvalue weighted by Gasteiger charge is -2.21. The standard InChI is InChI=1S/C17H24N4O2S/c1-11-8-13(23-20-11)12-6-5-7-21(12)9-15(22)19-16-18-14(10-24-16)17(2,3)4/h8,10,12H,5-7,9H2,1-4H3,(H,18,19,22)/t12-/m0/s1. The number of likely N-dealkylation sites (tertiary alicyclic amines) is 1. The van der Waals surface area contributed by atoms with Gasteiger partial charge in [0.25, 0.3) is 0 Å². The zero-order chi connectivity index (χ0) is 17.3. The molecule has 1 amide bonds. The van der Waals surface area contributed by atoms with Crippen LogP contribution in [0.4, 0.5) is 5.13 Å². The zero-order valence-electron chi connectivity index (χ0n) is 14.6. The van der Waals surface area contributed by atoms with E-state index in [0.29, 0.717) is 11.7 Å². The molecule has 0 bridgehead atoms. The molecule has 7 heteroatoms. The van der Waals surface area contributed by atoms with Crippen LogP contribution < -0.4 is 5.32 Å².